The fourth-order valence-electron chi connectivity index (χ4n) is 1.55. The third-order valence-electron chi connectivity index (χ3n) is 2.43. The Bertz CT molecular complexity index is 690. The summed E-state index contributed by atoms with van der Waals surface area (Å²) in [6.45, 7) is 1.94. The van der Waals surface area contributed by atoms with E-state index in [9.17, 15) is 12.8 Å². The molecule has 0 radical (unpaired) electrons. The van der Waals surface area contributed by atoms with Crippen LogP contribution in [0, 0.1) is 5.82 Å². The standard InChI is InChI=1S/C13H13FN2O3S/c1-2-19-13-8-11(5-6-12(13)14)20(17,18)16-10-4-3-7-15-9-10/h3-9,16H,2H2,1H3. The van der Waals surface area contributed by atoms with Gasteiger partial charge in [0.05, 0.1) is 23.4 Å². The summed E-state index contributed by atoms with van der Waals surface area (Å²) in [6, 6.07) is 6.56. The minimum Gasteiger partial charge on any atom is -0.491 e. The molecule has 0 saturated heterocycles. The van der Waals surface area contributed by atoms with Crippen LogP contribution in [0.2, 0.25) is 0 Å². The summed E-state index contributed by atoms with van der Waals surface area (Å²) in [5.74, 6) is -0.700. The van der Waals surface area contributed by atoms with Crippen molar-refractivity contribution < 1.29 is 17.5 Å². The van der Waals surface area contributed by atoms with Crippen LogP contribution in [0.4, 0.5) is 10.1 Å². The number of anilines is 1. The number of pyridine rings is 1. The van der Waals surface area contributed by atoms with E-state index in [1.165, 1.54) is 18.5 Å². The normalized spacial score (nSPS) is 11.1. The molecule has 1 aromatic heterocycles. The number of nitrogens with one attached hydrogen (secondary N) is 1. The van der Waals surface area contributed by atoms with Crippen LogP contribution >= 0.6 is 0 Å². The van der Waals surface area contributed by atoms with Crippen LogP contribution in [0.25, 0.3) is 0 Å². The van der Waals surface area contributed by atoms with Gasteiger partial charge in [-0.15, -0.1) is 0 Å². The molecule has 1 N–H and O–H groups in total. The van der Waals surface area contributed by atoms with E-state index >= 15 is 0 Å². The minimum atomic E-state index is -3.81. The van der Waals surface area contributed by atoms with Crippen molar-refractivity contribution >= 4 is 15.7 Å². The van der Waals surface area contributed by atoms with Gasteiger partial charge in [0.1, 0.15) is 0 Å². The Labute approximate surface area is 116 Å². The molecule has 0 spiro atoms. The van der Waals surface area contributed by atoms with Crippen molar-refractivity contribution in [1.29, 1.82) is 0 Å². The summed E-state index contributed by atoms with van der Waals surface area (Å²) in [6.07, 6.45) is 2.91. The third kappa shape index (κ3) is 3.24. The van der Waals surface area contributed by atoms with Crippen LogP contribution in [-0.2, 0) is 10.0 Å². The van der Waals surface area contributed by atoms with Gasteiger partial charge in [-0.2, -0.15) is 0 Å². The predicted molar refractivity (Wildman–Crippen MR) is 72.6 cm³/mol. The topological polar surface area (TPSA) is 68.3 Å². The lowest BCUT2D eigenvalue weighted by Crippen LogP contribution is -2.13. The highest BCUT2D eigenvalue weighted by Gasteiger charge is 2.17. The summed E-state index contributed by atoms with van der Waals surface area (Å²) in [7, 11) is -3.81. The van der Waals surface area contributed by atoms with Crippen molar-refractivity contribution in [1.82, 2.24) is 4.98 Å². The van der Waals surface area contributed by atoms with E-state index in [1.54, 1.807) is 19.1 Å². The predicted octanol–water partition coefficient (Wildman–Crippen LogP) is 2.42. The van der Waals surface area contributed by atoms with E-state index in [0.29, 0.717) is 5.69 Å². The van der Waals surface area contributed by atoms with Crippen LogP contribution in [0.3, 0.4) is 0 Å². The van der Waals surface area contributed by atoms with Crippen molar-refractivity contribution in [2.75, 3.05) is 11.3 Å². The molecule has 0 atom stereocenters. The first-order chi connectivity index (χ1) is 9.53. The Hall–Kier alpha value is -2.15. The quantitative estimate of drug-likeness (QED) is 0.920. The van der Waals surface area contributed by atoms with E-state index in [4.69, 9.17) is 4.74 Å². The molecule has 0 bridgehead atoms. The molecule has 2 aromatic rings. The maximum absolute atomic E-state index is 13.4. The maximum atomic E-state index is 13.4. The zero-order valence-corrected chi connectivity index (χ0v) is 11.5. The van der Waals surface area contributed by atoms with E-state index < -0.39 is 15.8 Å². The lowest BCUT2D eigenvalue weighted by molar-refractivity contribution is 0.320. The molecule has 0 aliphatic rings. The van der Waals surface area contributed by atoms with Gasteiger partial charge in [-0.05, 0) is 31.2 Å². The second-order valence-electron chi connectivity index (χ2n) is 3.87. The van der Waals surface area contributed by atoms with Crippen molar-refractivity contribution in [3.05, 3.63) is 48.5 Å². The van der Waals surface area contributed by atoms with Gasteiger partial charge < -0.3 is 4.74 Å². The molecular weight excluding hydrogens is 283 g/mol. The molecular formula is C13H13FN2O3S. The molecule has 0 unspecified atom stereocenters. The molecule has 0 aliphatic carbocycles. The number of hydrogen-bond acceptors (Lipinski definition) is 4. The summed E-state index contributed by atoms with van der Waals surface area (Å²) in [4.78, 5) is 3.73. The zero-order chi connectivity index (χ0) is 14.6. The van der Waals surface area contributed by atoms with E-state index in [-0.39, 0.29) is 17.3 Å². The Morgan fingerprint density at radius 1 is 1.35 bits per heavy atom. The molecule has 20 heavy (non-hydrogen) atoms. The van der Waals surface area contributed by atoms with E-state index in [0.717, 1.165) is 12.1 Å². The Morgan fingerprint density at radius 3 is 2.80 bits per heavy atom. The van der Waals surface area contributed by atoms with E-state index in [1.807, 2.05) is 0 Å². The molecule has 2 rings (SSSR count). The van der Waals surface area contributed by atoms with Gasteiger partial charge in [0.15, 0.2) is 11.6 Å². The highest BCUT2D eigenvalue weighted by atomic mass is 32.2. The van der Waals surface area contributed by atoms with E-state index in [2.05, 4.69) is 9.71 Å². The summed E-state index contributed by atoms with van der Waals surface area (Å²) >= 11 is 0. The molecule has 0 aliphatic heterocycles. The first-order valence-electron chi connectivity index (χ1n) is 5.88. The molecule has 7 heteroatoms. The number of ether oxygens (including phenoxy) is 1. The highest BCUT2D eigenvalue weighted by molar-refractivity contribution is 7.92. The second-order valence-corrected chi connectivity index (χ2v) is 5.55. The lowest BCUT2D eigenvalue weighted by Gasteiger charge is -2.10. The minimum absolute atomic E-state index is 0.0776. The van der Waals surface area contributed by atoms with Crippen LogP contribution < -0.4 is 9.46 Å². The number of hydrogen-bond donors (Lipinski definition) is 1. The highest BCUT2D eigenvalue weighted by Crippen LogP contribution is 2.23. The monoisotopic (exact) mass is 296 g/mol. The van der Waals surface area contributed by atoms with Gasteiger partial charge in [0.25, 0.3) is 10.0 Å². The first-order valence-corrected chi connectivity index (χ1v) is 7.36. The second kappa shape index (κ2) is 5.87. The SMILES string of the molecule is CCOc1cc(S(=O)(=O)Nc2cccnc2)ccc1F. The van der Waals surface area contributed by atoms with Crippen LogP contribution in [0.15, 0.2) is 47.6 Å². The third-order valence-corrected chi connectivity index (χ3v) is 3.81. The molecule has 5 nitrogen and oxygen atoms in total. The number of aromatic nitrogens is 1. The van der Waals surface area contributed by atoms with Crippen molar-refractivity contribution in [2.45, 2.75) is 11.8 Å². The van der Waals surface area contributed by atoms with Crippen molar-refractivity contribution in [3.63, 3.8) is 0 Å². The van der Waals surface area contributed by atoms with Gasteiger partial charge in [-0.3, -0.25) is 9.71 Å². The summed E-state index contributed by atoms with van der Waals surface area (Å²) in [5, 5.41) is 0. The smallest absolute Gasteiger partial charge is 0.262 e. The number of sulfonamides is 1. The Morgan fingerprint density at radius 2 is 2.15 bits per heavy atom. The zero-order valence-electron chi connectivity index (χ0n) is 10.7. The molecule has 0 fully saturated rings. The molecule has 1 aromatic carbocycles. The van der Waals surface area contributed by atoms with Crippen LogP contribution in [-0.4, -0.2) is 20.0 Å². The first kappa shape index (κ1) is 14.3. The number of rotatable bonds is 5. The molecule has 1 heterocycles. The van der Waals surface area contributed by atoms with Gasteiger partial charge in [0, 0.05) is 12.3 Å². The van der Waals surface area contributed by atoms with Gasteiger partial charge in [-0.25, -0.2) is 12.8 Å². The van der Waals surface area contributed by atoms with Gasteiger partial charge in [-0.1, -0.05) is 0 Å². The lowest BCUT2D eigenvalue weighted by atomic mass is 10.3. The fourth-order valence-corrected chi connectivity index (χ4v) is 2.61. The van der Waals surface area contributed by atoms with Crippen LogP contribution in [0.5, 0.6) is 5.75 Å². The van der Waals surface area contributed by atoms with Crippen molar-refractivity contribution in [3.8, 4) is 5.75 Å². The maximum Gasteiger partial charge on any atom is 0.262 e. The molecule has 106 valence electrons. The Balaban J connectivity index is 2.32. The fraction of sp³-hybridized carbons (Fsp3) is 0.154. The summed E-state index contributed by atoms with van der Waals surface area (Å²) in [5.41, 5.74) is 0.329. The average molecular weight is 296 g/mol. The van der Waals surface area contributed by atoms with Gasteiger partial charge in [0.2, 0.25) is 0 Å². The molecule has 0 saturated carbocycles. The average Bonchev–Trinajstić information content (AvgIpc) is 2.42. The molecule has 0 amide bonds. The number of halogens is 1. The van der Waals surface area contributed by atoms with Crippen LogP contribution in [0.1, 0.15) is 6.92 Å². The largest absolute Gasteiger partial charge is 0.491 e. The van der Waals surface area contributed by atoms with Gasteiger partial charge >= 0.3 is 0 Å². The number of nitrogens with zero attached hydrogens (tertiary/aromatic N) is 1. The summed E-state index contributed by atoms with van der Waals surface area (Å²) < 4.78 is 45.1. The Kier molecular flexibility index (Phi) is 4.19. The number of benzene rings is 1. The van der Waals surface area contributed by atoms with Crippen molar-refractivity contribution in [2.24, 2.45) is 0 Å².